The van der Waals surface area contributed by atoms with Gasteiger partial charge >= 0.3 is 5.97 Å². The van der Waals surface area contributed by atoms with Gasteiger partial charge in [-0.25, -0.2) is 0 Å². The number of aliphatic carboxylic acids is 1. The van der Waals surface area contributed by atoms with E-state index in [2.05, 4.69) is 34.6 Å². The second-order valence-corrected chi connectivity index (χ2v) is 6.35. The van der Waals surface area contributed by atoms with E-state index < -0.39 is 5.97 Å². The summed E-state index contributed by atoms with van der Waals surface area (Å²) >= 11 is 0. The van der Waals surface area contributed by atoms with Crippen LogP contribution in [0.15, 0.2) is 0 Å². The molecule has 0 bridgehead atoms. The van der Waals surface area contributed by atoms with Crippen molar-refractivity contribution in [3.8, 4) is 0 Å². The van der Waals surface area contributed by atoms with Gasteiger partial charge in [0, 0.05) is 0 Å². The number of carboxylic acids is 1. The maximum Gasteiger partial charge on any atom is 0.307 e. The van der Waals surface area contributed by atoms with E-state index in [9.17, 15) is 4.79 Å². The highest BCUT2D eigenvalue weighted by Crippen LogP contribution is 2.45. The smallest absolute Gasteiger partial charge is 0.307 e. The summed E-state index contributed by atoms with van der Waals surface area (Å²) in [6.07, 6.45) is 2.12. The molecule has 0 aromatic rings. The molecule has 88 valence electrons. The zero-order chi connectivity index (χ0) is 11.8. The number of carbonyl (C=O) groups is 1. The Hall–Kier alpha value is -0.530. The molecule has 1 saturated carbocycles. The first kappa shape index (κ1) is 12.5. The molecule has 0 aromatic carbocycles. The normalized spacial score (nSPS) is 37.7. The van der Waals surface area contributed by atoms with Gasteiger partial charge in [-0.2, -0.15) is 0 Å². The molecule has 1 rings (SSSR count). The third-order valence-corrected chi connectivity index (χ3v) is 4.05. The second kappa shape index (κ2) is 4.15. The summed E-state index contributed by atoms with van der Waals surface area (Å²) in [6.45, 7) is 11.0. The highest BCUT2D eigenvalue weighted by molar-refractivity contribution is 5.70. The molecule has 1 N–H and O–H groups in total. The fourth-order valence-corrected chi connectivity index (χ4v) is 3.04. The molecule has 2 heteroatoms. The molecule has 15 heavy (non-hydrogen) atoms. The Balaban J connectivity index is 2.75. The first-order chi connectivity index (χ1) is 6.73. The van der Waals surface area contributed by atoms with Crippen LogP contribution in [0.5, 0.6) is 0 Å². The molecule has 1 aliphatic carbocycles. The Kier molecular flexibility index (Phi) is 3.47. The lowest BCUT2D eigenvalue weighted by atomic mass is 9.62. The molecule has 0 radical (unpaired) electrons. The molecular formula is C13H24O2. The molecule has 0 aliphatic heterocycles. The number of carboxylic acid groups (broad SMARTS) is 1. The lowest BCUT2D eigenvalue weighted by molar-refractivity contribution is -0.148. The molecule has 0 amide bonds. The van der Waals surface area contributed by atoms with E-state index in [0.29, 0.717) is 23.2 Å². The van der Waals surface area contributed by atoms with Crippen LogP contribution in [0.3, 0.4) is 0 Å². The van der Waals surface area contributed by atoms with Gasteiger partial charge in [0.05, 0.1) is 5.92 Å². The summed E-state index contributed by atoms with van der Waals surface area (Å²) < 4.78 is 0. The summed E-state index contributed by atoms with van der Waals surface area (Å²) in [7, 11) is 0. The molecule has 0 spiro atoms. The van der Waals surface area contributed by atoms with Crippen molar-refractivity contribution in [2.24, 2.45) is 29.1 Å². The SMILES string of the molecule is CC1CC(C(C)(C)C)CC(C)C1C(=O)O. The van der Waals surface area contributed by atoms with Gasteiger partial charge < -0.3 is 5.11 Å². The van der Waals surface area contributed by atoms with Gasteiger partial charge in [0.25, 0.3) is 0 Å². The minimum Gasteiger partial charge on any atom is -0.481 e. The zero-order valence-electron chi connectivity index (χ0n) is 10.6. The lowest BCUT2D eigenvalue weighted by Crippen LogP contribution is -2.39. The van der Waals surface area contributed by atoms with Crippen molar-refractivity contribution in [3.05, 3.63) is 0 Å². The van der Waals surface area contributed by atoms with E-state index in [1.54, 1.807) is 0 Å². The van der Waals surface area contributed by atoms with Crippen LogP contribution in [0.4, 0.5) is 0 Å². The maximum absolute atomic E-state index is 11.1. The van der Waals surface area contributed by atoms with Gasteiger partial charge in [-0.15, -0.1) is 0 Å². The van der Waals surface area contributed by atoms with Crippen LogP contribution in [0, 0.1) is 29.1 Å². The summed E-state index contributed by atoms with van der Waals surface area (Å²) in [6, 6.07) is 0. The monoisotopic (exact) mass is 212 g/mol. The van der Waals surface area contributed by atoms with E-state index >= 15 is 0 Å². The maximum atomic E-state index is 11.1. The highest BCUT2D eigenvalue weighted by atomic mass is 16.4. The van der Waals surface area contributed by atoms with Crippen molar-refractivity contribution in [2.45, 2.75) is 47.5 Å². The van der Waals surface area contributed by atoms with Crippen LogP contribution in [0.25, 0.3) is 0 Å². The standard InChI is InChI=1S/C13H24O2/c1-8-6-10(13(3,4)5)7-9(2)11(8)12(14)15/h8-11H,6-7H2,1-5H3,(H,14,15). The molecule has 2 unspecified atom stereocenters. The van der Waals surface area contributed by atoms with Crippen LogP contribution < -0.4 is 0 Å². The summed E-state index contributed by atoms with van der Waals surface area (Å²) in [5, 5.41) is 9.17. The topological polar surface area (TPSA) is 37.3 Å². The van der Waals surface area contributed by atoms with Crippen molar-refractivity contribution < 1.29 is 9.90 Å². The molecule has 0 heterocycles. The summed E-state index contributed by atoms with van der Waals surface area (Å²) in [4.78, 5) is 11.1. The zero-order valence-corrected chi connectivity index (χ0v) is 10.6. The molecule has 0 saturated heterocycles. The Morgan fingerprint density at radius 2 is 1.53 bits per heavy atom. The van der Waals surface area contributed by atoms with Crippen molar-refractivity contribution in [2.75, 3.05) is 0 Å². The third-order valence-electron chi connectivity index (χ3n) is 4.05. The van der Waals surface area contributed by atoms with Gasteiger partial charge in [-0.05, 0) is 36.0 Å². The predicted octanol–water partition coefficient (Wildman–Crippen LogP) is 3.42. The quantitative estimate of drug-likeness (QED) is 0.723. The van der Waals surface area contributed by atoms with Crippen LogP contribution in [0.1, 0.15) is 47.5 Å². The largest absolute Gasteiger partial charge is 0.481 e. The average Bonchev–Trinajstić information content (AvgIpc) is 1.99. The number of rotatable bonds is 1. The van der Waals surface area contributed by atoms with E-state index in [1.165, 1.54) is 0 Å². The minimum atomic E-state index is -0.609. The van der Waals surface area contributed by atoms with Gasteiger partial charge in [-0.1, -0.05) is 34.6 Å². The number of hydrogen-bond donors (Lipinski definition) is 1. The molecular weight excluding hydrogens is 188 g/mol. The van der Waals surface area contributed by atoms with Crippen LogP contribution in [0.2, 0.25) is 0 Å². The molecule has 2 atom stereocenters. The Bertz CT molecular complexity index is 227. The van der Waals surface area contributed by atoms with E-state index in [1.807, 2.05) is 0 Å². The predicted molar refractivity (Wildman–Crippen MR) is 61.6 cm³/mol. The van der Waals surface area contributed by atoms with E-state index in [-0.39, 0.29) is 5.92 Å². The van der Waals surface area contributed by atoms with Crippen molar-refractivity contribution in [3.63, 3.8) is 0 Å². The second-order valence-electron chi connectivity index (χ2n) is 6.35. The molecule has 0 aromatic heterocycles. The highest BCUT2D eigenvalue weighted by Gasteiger charge is 2.40. The summed E-state index contributed by atoms with van der Waals surface area (Å²) in [5.74, 6) is 0.551. The van der Waals surface area contributed by atoms with Crippen LogP contribution in [-0.4, -0.2) is 11.1 Å². The van der Waals surface area contributed by atoms with Crippen molar-refractivity contribution in [1.29, 1.82) is 0 Å². The van der Waals surface area contributed by atoms with Gasteiger partial charge in [0.2, 0.25) is 0 Å². The third kappa shape index (κ3) is 2.73. The van der Waals surface area contributed by atoms with Crippen LogP contribution >= 0.6 is 0 Å². The first-order valence-corrected chi connectivity index (χ1v) is 5.96. The number of hydrogen-bond acceptors (Lipinski definition) is 1. The van der Waals surface area contributed by atoms with Gasteiger partial charge in [-0.3, -0.25) is 4.79 Å². The Morgan fingerprint density at radius 1 is 1.13 bits per heavy atom. The van der Waals surface area contributed by atoms with Gasteiger partial charge in [0.1, 0.15) is 0 Å². The molecule has 2 nitrogen and oxygen atoms in total. The van der Waals surface area contributed by atoms with Crippen LogP contribution in [-0.2, 0) is 4.79 Å². The molecule has 1 fully saturated rings. The average molecular weight is 212 g/mol. The Morgan fingerprint density at radius 3 is 1.80 bits per heavy atom. The van der Waals surface area contributed by atoms with Gasteiger partial charge in [0.15, 0.2) is 0 Å². The lowest BCUT2D eigenvalue weighted by Gasteiger charge is -2.42. The fourth-order valence-electron chi connectivity index (χ4n) is 3.04. The minimum absolute atomic E-state index is 0.136. The van der Waals surface area contributed by atoms with Crippen molar-refractivity contribution in [1.82, 2.24) is 0 Å². The molecule has 1 aliphatic rings. The Labute approximate surface area is 93.1 Å². The van der Waals surface area contributed by atoms with E-state index in [0.717, 1.165) is 12.8 Å². The summed E-state index contributed by atoms with van der Waals surface area (Å²) in [5.41, 5.74) is 0.312. The first-order valence-electron chi connectivity index (χ1n) is 5.96. The van der Waals surface area contributed by atoms with E-state index in [4.69, 9.17) is 5.11 Å². The van der Waals surface area contributed by atoms with Crippen molar-refractivity contribution >= 4 is 5.97 Å². The fraction of sp³-hybridized carbons (Fsp3) is 0.923.